The minimum Gasteiger partial charge on any atom is -0.475 e. The summed E-state index contributed by atoms with van der Waals surface area (Å²) in [5.74, 6) is 0.341. The van der Waals surface area contributed by atoms with E-state index in [1.54, 1.807) is 12.1 Å². The molecule has 0 spiro atoms. The highest BCUT2D eigenvalue weighted by Gasteiger charge is 2.04. The Kier molecular flexibility index (Phi) is 7.07. The van der Waals surface area contributed by atoms with Crippen LogP contribution in [0, 0.1) is 12.7 Å². The topological polar surface area (TPSA) is 21.6 Å². The van der Waals surface area contributed by atoms with Crippen LogP contribution in [0.3, 0.4) is 0 Å². The molecule has 0 heterocycles. The molecule has 0 aliphatic heterocycles. The Bertz CT molecular complexity index is 693. The molecule has 0 aliphatic carbocycles. The maximum atomic E-state index is 12.9. The maximum absolute atomic E-state index is 12.9. The molecule has 0 radical (unpaired) electrons. The van der Waals surface area contributed by atoms with Crippen LogP contribution in [0.5, 0.6) is 0 Å². The van der Waals surface area contributed by atoms with Gasteiger partial charge in [0, 0.05) is 11.0 Å². The highest BCUT2D eigenvalue weighted by atomic mass is 32.2. The maximum Gasteiger partial charge on any atom is 0.214 e. The molecule has 1 atom stereocenters. The van der Waals surface area contributed by atoms with Crippen molar-refractivity contribution in [3.63, 3.8) is 0 Å². The minimum atomic E-state index is -0.231. The molecule has 4 heteroatoms. The van der Waals surface area contributed by atoms with Crippen molar-refractivity contribution < 1.29 is 9.13 Å². The molecule has 24 heavy (non-hydrogen) atoms. The van der Waals surface area contributed by atoms with E-state index in [1.165, 1.54) is 29.5 Å². The SMILES string of the molecule is CCC(C)OC(C=CSc1ccc(F)cc1)=Nc1ccc(C)cc1. The van der Waals surface area contributed by atoms with E-state index in [4.69, 9.17) is 4.74 Å². The summed E-state index contributed by atoms with van der Waals surface area (Å²) >= 11 is 1.50. The molecule has 0 fully saturated rings. The second-order valence-corrected chi connectivity index (χ2v) is 6.48. The molecule has 0 saturated carbocycles. The van der Waals surface area contributed by atoms with Gasteiger partial charge in [-0.15, -0.1) is 0 Å². The lowest BCUT2D eigenvalue weighted by Gasteiger charge is -2.12. The molecule has 1 unspecified atom stereocenters. The van der Waals surface area contributed by atoms with Crippen LogP contribution < -0.4 is 0 Å². The number of halogens is 1. The van der Waals surface area contributed by atoms with Gasteiger partial charge in [-0.25, -0.2) is 9.38 Å². The van der Waals surface area contributed by atoms with Gasteiger partial charge >= 0.3 is 0 Å². The zero-order valence-corrected chi connectivity index (χ0v) is 15.0. The van der Waals surface area contributed by atoms with Gasteiger partial charge < -0.3 is 4.74 Å². The molecule has 0 N–H and O–H groups in total. The van der Waals surface area contributed by atoms with Crippen LogP contribution in [-0.4, -0.2) is 12.0 Å². The van der Waals surface area contributed by atoms with Gasteiger partial charge in [0.25, 0.3) is 0 Å². The number of nitrogens with zero attached hydrogens (tertiary/aromatic N) is 1. The molecule has 0 bridgehead atoms. The summed E-state index contributed by atoms with van der Waals surface area (Å²) in [5, 5.41) is 1.91. The van der Waals surface area contributed by atoms with E-state index in [1.807, 2.05) is 49.6 Å². The zero-order chi connectivity index (χ0) is 17.4. The molecule has 0 aromatic heterocycles. The first-order chi connectivity index (χ1) is 11.6. The molecule has 126 valence electrons. The summed E-state index contributed by atoms with van der Waals surface area (Å²) in [5.41, 5.74) is 2.05. The lowest BCUT2D eigenvalue weighted by molar-refractivity contribution is 0.206. The van der Waals surface area contributed by atoms with Crippen molar-refractivity contribution in [2.75, 3.05) is 0 Å². The molecular formula is C20H22FNOS. The van der Waals surface area contributed by atoms with Crippen LogP contribution in [0.25, 0.3) is 0 Å². The van der Waals surface area contributed by atoms with Crippen LogP contribution in [-0.2, 0) is 4.74 Å². The number of hydrogen-bond donors (Lipinski definition) is 0. The first kappa shape index (κ1) is 18.3. The van der Waals surface area contributed by atoms with Crippen LogP contribution in [0.2, 0.25) is 0 Å². The summed E-state index contributed by atoms with van der Waals surface area (Å²) in [7, 11) is 0. The van der Waals surface area contributed by atoms with E-state index in [2.05, 4.69) is 11.9 Å². The van der Waals surface area contributed by atoms with Crippen molar-refractivity contribution in [1.29, 1.82) is 0 Å². The van der Waals surface area contributed by atoms with Crippen molar-refractivity contribution in [1.82, 2.24) is 0 Å². The van der Waals surface area contributed by atoms with Gasteiger partial charge in [0.2, 0.25) is 5.90 Å². The average Bonchev–Trinajstić information content (AvgIpc) is 2.58. The number of hydrogen-bond acceptors (Lipinski definition) is 3. The third kappa shape index (κ3) is 6.20. The summed E-state index contributed by atoms with van der Waals surface area (Å²) < 4.78 is 18.8. The van der Waals surface area contributed by atoms with E-state index < -0.39 is 0 Å². The fourth-order valence-corrected chi connectivity index (χ4v) is 2.46. The molecule has 0 saturated heterocycles. The minimum absolute atomic E-state index is 0.0923. The van der Waals surface area contributed by atoms with Crippen molar-refractivity contribution in [2.24, 2.45) is 4.99 Å². The first-order valence-corrected chi connectivity index (χ1v) is 8.85. The quantitative estimate of drug-likeness (QED) is 0.349. The Labute approximate surface area is 147 Å². The second kappa shape index (κ2) is 9.28. The van der Waals surface area contributed by atoms with E-state index in [0.717, 1.165) is 17.0 Å². The number of aryl methyl sites for hydroxylation is 1. The van der Waals surface area contributed by atoms with Crippen molar-refractivity contribution in [3.05, 3.63) is 71.4 Å². The number of aliphatic imine (C=N–C) groups is 1. The number of thioether (sulfide) groups is 1. The van der Waals surface area contributed by atoms with Crippen molar-refractivity contribution in [2.45, 2.75) is 38.2 Å². The van der Waals surface area contributed by atoms with E-state index in [-0.39, 0.29) is 11.9 Å². The van der Waals surface area contributed by atoms with Gasteiger partial charge in [-0.3, -0.25) is 0 Å². The standard InChI is InChI=1S/C20H22FNOS/c1-4-16(3)23-20(22-18-9-5-15(2)6-10-18)13-14-24-19-11-7-17(21)8-12-19/h5-14,16H,4H2,1-3H3. The smallest absolute Gasteiger partial charge is 0.214 e. The largest absolute Gasteiger partial charge is 0.475 e. The Balaban J connectivity index is 2.11. The normalized spacial score (nSPS) is 13.2. The average molecular weight is 343 g/mol. The third-order valence-corrected chi connectivity index (χ3v) is 4.21. The van der Waals surface area contributed by atoms with Gasteiger partial charge in [0.1, 0.15) is 5.82 Å². The van der Waals surface area contributed by atoms with E-state index in [0.29, 0.717) is 5.90 Å². The Hall–Kier alpha value is -2.07. The monoisotopic (exact) mass is 343 g/mol. The molecule has 2 aromatic carbocycles. The first-order valence-electron chi connectivity index (χ1n) is 7.97. The molecule has 0 aliphatic rings. The lowest BCUT2D eigenvalue weighted by atomic mass is 10.2. The highest BCUT2D eigenvalue weighted by molar-refractivity contribution is 8.02. The van der Waals surface area contributed by atoms with Crippen molar-refractivity contribution >= 4 is 23.3 Å². The van der Waals surface area contributed by atoms with Crippen LogP contribution in [0.4, 0.5) is 10.1 Å². The third-order valence-electron chi connectivity index (χ3n) is 3.40. The summed E-state index contributed by atoms with van der Waals surface area (Å²) in [6.45, 7) is 6.14. The highest BCUT2D eigenvalue weighted by Crippen LogP contribution is 2.20. The number of ether oxygens (including phenoxy) is 1. The van der Waals surface area contributed by atoms with E-state index >= 15 is 0 Å². The predicted molar refractivity (Wildman–Crippen MR) is 101 cm³/mol. The second-order valence-electron chi connectivity index (χ2n) is 5.50. The number of rotatable bonds is 6. The predicted octanol–water partition coefficient (Wildman–Crippen LogP) is 6.29. The Morgan fingerprint density at radius 1 is 1.17 bits per heavy atom. The molecule has 0 amide bonds. The van der Waals surface area contributed by atoms with Gasteiger partial charge in [-0.1, -0.05) is 36.4 Å². The van der Waals surface area contributed by atoms with Crippen molar-refractivity contribution in [3.8, 4) is 0 Å². The van der Waals surface area contributed by atoms with Crippen LogP contribution in [0.1, 0.15) is 25.8 Å². The van der Waals surface area contributed by atoms with Gasteiger partial charge in [0.05, 0.1) is 11.8 Å². The van der Waals surface area contributed by atoms with Crippen LogP contribution in [0.15, 0.2) is 69.9 Å². The van der Waals surface area contributed by atoms with Crippen LogP contribution >= 0.6 is 11.8 Å². The summed E-state index contributed by atoms with van der Waals surface area (Å²) in [4.78, 5) is 5.53. The van der Waals surface area contributed by atoms with Gasteiger partial charge in [-0.2, -0.15) is 0 Å². The van der Waals surface area contributed by atoms with E-state index in [9.17, 15) is 4.39 Å². The fraction of sp³-hybridized carbons (Fsp3) is 0.250. The molecule has 2 aromatic rings. The zero-order valence-electron chi connectivity index (χ0n) is 14.2. The Morgan fingerprint density at radius 3 is 2.46 bits per heavy atom. The number of benzene rings is 2. The summed E-state index contributed by atoms with van der Waals surface area (Å²) in [6, 6.07) is 14.4. The van der Waals surface area contributed by atoms with Gasteiger partial charge in [-0.05, 0) is 62.1 Å². The lowest BCUT2D eigenvalue weighted by Crippen LogP contribution is -2.11. The molecular weight excluding hydrogens is 321 g/mol. The molecule has 2 rings (SSSR count). The summed E-state index contributed by atoms with van der Waals surface area (Å²) in [6.07, 6.45) is 2.85. The Morgan fingerprint density at radius 2 is 1.83 bits per heavy atom. The fourth-order valence-electron chi connectivity index (χ4n) is 1.82. The van der Waals surface area contributed by atoms with Gasteiger partial charge in [0.15, 0.2) is 0 Å². The molecule has 2 nitrogen and oxygen atoms in total.